The summed E-state index contributed by atoms with van der Waals surface area (Å²) in [5.41, 5.74) is 6.89. The molecule has 1 saturated heterocycles. The molecule has 0 amide bonds. The highest BCUT2D eigenvalue weighted by Gasteiger charge is 2.18. The average Bonchev–Trinajstić information content (AvgIpc) is 2.77. The molecule has 1 fully saturated rings. The van der Waals surface area contributed by atoms with Crippen LogP contribution in [0.2, 0.25) is 0 Å². The summed E-state index contributed by atoms with van der Waals surface area (Å²) in [6.07, 6.45) is 0.742. The number of hydrogen-bond donors (Lipinski definition) is 4. The fraction of sp³-hybridized carbons (Fsp3) is 0.391. The molecule has 3 atom stereocenters. The van der Waals surface area contributed by atoms with Gasteiger partial charge in [0.15, 0.2) is 12.2 Å². The van der Waals surface area contributed by atoms with Gasteiger partial charge < -0.3 is 30.7 Å². The Hall–Kier alpha value is -2.78. The Labute approximate surface area is 183 Å². The SMILES string of the molecule is CO[C@@H](C(=O)O)c1ccccc1.CO[C@@H](C(=O)O)c1ccccc1.N[C@@H]1CCCNC1. The summed E-state index contributed by atoms with van der Waals surface area (Å²) < 4.78 is 9.60. The van der Waals surface area contributed by atoms with Gasteiger partial charge in [-0.05, 0) is 30.5 Å². The molecule has 2 aromatic carbocycles. The van der Waals surface area contributed by atoms with E-state index in [9.17, 15) is 9.59 Å². The number of carbonyl (C=O) groups is 2. The number of benzene rings is 2. The molecule has 1 aliphatic heterocycles. The van der Waals surface area contributed by atoms with Crippen molar-refractivity contribution in [2.75, 3.05) is 27.3 Å². The first-order chi connectivity index (χ1) is 14.9. The molecular formula is C23H32N2O6. The van der Waals surface area contributed by atoms with Gasteiger partial charge in [0.1, 0.15) is 0 Å². The first-order valence-electron chi connectivity index (χ1n) is 9.98. The number of carboxylic acid groups (broad SMARTS) is 2. The van der Waals surface area contributed by atoms with Gasteiger partial charge in [0.25, 0.3) is 0 Å². The van der Waals surface area contributed by atoms with E-state index >= 15 is 0 Å². The molecule has 0 bridgehead atoms. The van der Waals surface area contributed by atoms with Crippen LogP contribution in [0.25, 0.3) is 0 Å². The number of nitrogens with one attached hydrogen (secondary N) is 1. The molecule has 3 rings (SSSR count). The highest BCUT2D eigenvalue weighted by Crippen LogP contribution is 2.16. The van der Waals surface area contributed by atoms with Crippen molar-refractivity contribution in [2.24, 2.45) is 5.73 Å². The predicted octanol–water partition coefficient (Wildman–Crippen LogP) is 2.61. The van der Waals surface area contributed by atoms with Gasteiger partial charge in [-0.3, -0.25) is 0 Å². The quantitative estimate of drug-likeness (QED) is 0.548. The minimum absolute atomic E-state index is 0.425. The van der Waals surface area contributed by atoms with Gasteiger partial charge in [-0.25, -0.2) is 9.59 Å². The standard InChI is InChI=1S/2C9H10O3.C5H12N2/c2*1-12-8(9(10)11)7-5-3-2-4-6-7;6-5-2-1-3-7-4-5/h2*2-6,8H,1H3,(H,10,11);5,7H,1-4,6H2/t2*8-;5-/m111/s1. The Morgan fingerprint density at radius 3 is 1.55 bits per heavy atom. The molecule has 170 valence electrons. The second-order valence-electron chi connectivity index (χ2n) is 6.84. The Morgan fingerprint density at radius 1 is 0.903 bits per heavy atom. The van der Waals surface area contributed by atoms with Crippen LogP contribution in [0.3, 0.4) is 0 Å². The van der Waals surface area contributed by atoms with Crippen molar-refractivity contribution in [3.63, 3.8) is 0 Å². The van der Waals surface area contributed by atoms with Crippen LogP contribution in [0.1, 0.15) is 36.2 Å². The van der Waals surface area contributed by atoms with Crippen LogP contribution < -0.4 is 11.1 Å². The van der Waals surface area contributed by atoms with Crippen LogP contribution in [0, 0.1) is 0 Å². The summed E-state index contributed by atoms with van der Waals surface area (Å²) in [6.45, 7) is 2.17. The number of ether oxygens (including phenoxy) is 2. The maximum atomic E-state index is 10.6. The molecule has 0 aliphatic carbocycles. The molecule has 1 aliphatic rings. The van der Waals surface area contributed by atoms with E-state index in [0.717, 1.165) is 13.1 Å². The lowest BCUT2D eigenvalue weighted by Gasteiger charge is -2.17. The summed E-state index contributed by atoms with van der Waals surface area (Å²) in [7, 11) is 2.76. The summed E-state index contributed by atoms with van der Waals surface area (Å²) in [5, 5.41) is 20.6. The lowest BCUT2D eigenvalue weighted by Crippen LogP contribution is -2.39. The fourth-order valence-corrected chi connectivity index (χ4v) is 2.89. The van der Waals surface area contributed by atoms with E-state index < -0.39 is 24.1 Å². The largest absolute Gasteiger partial charge is 0.479 e. The molecule has 0 unspecified atom stereocenters. The molecule has 0 saturated carbocycles. The topological polar surface area (TPSA) is 131 Å². The van der Waals surface area contributed by atoms with E-state index in [0.29, 0.717) is 17.2 Å². The monoisotopic (exact) mass is 432 g/mol. The van der Waals surface area contributed by atoms with Crippen LogP contribution in [-0.4, -0.2) is 55.5 Å². The van der Waals surface area contributed by atoms with Crippen LogP contribution in [0.15, 0.2) is 60.7 Å². The van der Waals surface area contributed by atoms with Crippen molar-refractivity contribution in [1.29, 1.82) is 0 Å². The molecule has 0 radical (unpaired) electrons. The first kappa shape index (κ1) is 26.3. The predicted molar refractivity (Wildman–Crippen MR) is 118 cm³/mol. The Balaban J connectivity index is 0.000000241. The van der Waals surface area contributed by atoms with Gasteiger partial charge >= 0.3 is 11.9 Å². The highest BCUT2D eigenvalue weighted by molar-refractivity contribution is 5.74. The van der Waals surface area contributed by atoms with E-state index in [4.69, 9.17) is 25.4 Å². The zero-order valence-corrected chi connectivity index (χ0v) is 17.9. The minimum atomic E-state index is -0.969. The zero-order valence-electron chi connectivity index (χ0n) is 17.9. The van der Waals surface area contributed by atoms with Crippen LogP contribution in [0.5, 0.6) is 0 Å². The van der Waals surface area contributed by atoms with Crippen molar-refractivity contribution in [1.82, 2.24) is 5.32 Å². The van der Waals surface area contributed by atoms with Gasteiger partial charge in [-0.1, -0.05) is 60.7 Å². The minimum Gasteiger partial charge on any atom is -0.479 e. The number of aliphatic carboxylic acids is 2. The second kappa shape index (κ2) is 15.1. The second-order valence-corrected chi connectivity index (χ2v) is 6.84. The van der Waals surface area contributed by atoms with Crippen molar-refractivity contribution >= 4 is 11.9 Å². The summed E-state index contributed by atoms with van der Waals surface area (Å²) in [5.74, 6) is -1.94. The lowest BCUT2D eigenvalue weighted by molar-refractivity contribution is -0.149. The normalized spacial score (nSPS) is 17.1. The zero-order chi connectivity index (χ0) is 23.1. The van der Waals surface area contributed by atoms with E-state index in [1.807, 2.05) is 12.1 Å². The van der Waals surface area contributed by atoms with Crippen LogP contribution >= 0.6 is 0 Å². The molecule has 8 nitrogen and oxygen atoms in total. The van der Waals surface area contributed by atoms with Crippen LogP contribution in [0.4, 0.5) is 0 Å². The summed E-state index contributed by atoms with van der Waals surface area (Å²) in [6, 6.07) is 18.1. The number of rotatable bonds is 6. The van der Waals surface area contributed by atoms with E-state index in [1.54, 1.807) is 48.5 Å². The third kappa shape index (κ3) is 10.2. The van der Waals surface area contributed by atoms with Crippen molar-refractivity contribution in [3.8, 4) is 0 Å². The molecule has 0 aromatic heterocycles. The van der Waals surface area contributed by atoms with E-state index in [1.165, 1.54) is 27.1 Å². The first-order valence-corrected chi connectivity index (χ1v) is 9.98. The highest BCUT2D eigenvalue weighted by atomic mass is 16.5. The molecule has 5 N–H and O–H groups in total. The number of nitrogens with two attached hydrogens (primary N) is 1. The van der Waals surface area contributed by atoms with Crippen molar-refractivity contribution in [3.05, 3.63) is 71.8 Å². The molecule has 0 spiro atoms. The van der Waals surface area contributed by atoms with E-state index in [-0.39, 0.29) is 0 Å². The Morgan fingerprint density at radius 2 is 1.32 bits per heavy atom. The van der Waals surface area contributed by atoms with Gasteiger partial charge in [-0.2, -0.15) is 0 Å². The summed E-state index contributed by atoms with van der Waals surface area (Å²) >= 11 is 0. The molecular weight excluding hydrogens is 400 g/mol. The van der Waals surface area contributed by atoms with Crippen LogP contribution in [-0.2, 0) is 19.1 Å². The molecule has 31 heavy (non-hydrogen) atoms. The average molecular weight is 433 g/mol. The van der Waals surface area contributed by atoms with Gasteiger partial charge in [-0.15, -0.1) is 0 Å². The summed E-state index contributed by atoms with van der Waals surface area (Å²) in [4.78, 5) is 21.2. The third-order valence-corrected chi connectivity index (χ3v) is 4.46. The molecule has 1 heterocycles. The third-order valence-electron chi connectivity index (χ3n) is 4.46. The molecule has 8 heteroatoms. The van der Waals surface area contributed by atoms with Crippen molar-refractivity contribution in [2.45, 2.75) is 31.1 Å². The Bertz CT molecular complexity index is 694. The fourth-order valence-electron chi connectivity index (χ4n) is 2.89. The Kier molecular flexibility index (Phi) is 12.8. The smallest absolute Gasteiger partial charge is 0.337 e. The maximum Gasteiger partial charge on any atom is 0.337 e. The number of methoxy groups -OCH3 is 2. The number of hydrogen-bond acceptors (Lipinski definition) is 6. The van der Waals surface area contributed by atoms with Gasteiger partial charge in [0, 0.05) is 26.8 Å². The van der Waals surface area contributed by atoms with Crippen molar-refractivity contribution < 1.29 is 29.3 Å². The number of carboxylic acids is 2. The lowest BCUT2D eigenvalue weighted by atomic mass is 10.1. The van der Waals surface area contributed by atoms with Gasteiger partial charge in [0.2, 0.25) is 0 Å². The van der Waals surface area contributed by atoms with E-state index in [2.05, 4.69) is 5.32 Å². The molecule has 2 aromatic rings. The van der Waals surface area contributed by atoms with Gasteiger partial charge in [0.05, 0.1) is 0 Å². The maximum absolute atomic E-state index is 10.6. The number of piperidine rings is 1.